The van der Waals surface area contributed by atoms with Crippen molar-refractivity contribution in [3.8, 4) is 0 Å². The largest absolute Gasteiger partial charge is 0.370 e. The molecule has 0 aromatic carbocycles. The van der Waals surface area contributed by atoms with E-state index in [9.17, 15) is 0 Å². The van der Waals surface area contributed by atoms with Gasteiger partial charge in [0.15, 0.2) is 5.96 Å². The minimum Gasteiger partial charge on any atom is -0.370 e. The first-order valence-electron chi connectivity index (χ1n) is 7.88. The highest BCUT2D eigenvalue weighted by molar-refractivity contribution is 14.0. The molecule has 1 saturated carbocycles. The van der Waals surface area contributed by atoms with Crippen LogP contribution in [0, 0.1) is 0 Å². The van der Waals surface area contributed by atoms with Crippen LogP contribution in [0.5, 0.6) is 0 Å². The topological polar surface area (TPSA) is 50.4 Å². The first-order chi connectivity index (χ1) is 9.33. The van der Waals surface area contributed by atoms with Crippen LogP contribution in [0.15, 0.2) is 4.99 Å². The number of hydrogen-bond acceptors (Lipinski definition) is 2. The van der Waals surface area contributed by atoms with Crippen LogP contribution in [0.25, 0.3) is 0 Å². The second-order valence-corrected chi connectivity index (χ2v) is 6.49. The number of nitrogens with one attached hydrogen (secondary N) is 1. The fraction of sp³-hybridized carbons (Fsp3) is 0.933. The van der Waals surface area contributed by atoms with E-state index in [1.54, 1.807) is 0 Å². The SMILES string of the molecule is CSCCCCCCN=C(N)NC1CCCCCC1.I. The van der Waals surface area contributed by atoms with Crippen LogP contribution in [0.3, 0.4) is 0 Å². The Hall–Kier alpha value is 0.350. The van der Waals surface area contributed by atoms with Crippen molar-refractivity contribution in [1.29, 1.82) is 0 Å². The van der Waals surface area contributed by atoms with Crippen molar-refractivity contribution in [2.45, 2.75) is 70.3 Å². The van der Waals surface area contributed by atoms with Crippen LogP contribution in [-0.2, 0) is 0 Å². The average molecular weight is 413 g/mol. The Balaban J connectivity index is 0.00000361. The Morgan fingerprint density at radius 1 is 1.10 bits per heavy atom. The molecule has 1 fully saturated rings. The molecule has 3 nitrogen and oxygen atoms in total. The lowest BCUT2D eigenvalue weighted by atomic mass is 10.1. The molecule has 3 N–H and O–H groups in total. The van der Waals surface area contributed by atoms with Crippen LogP contribution in [0.4, 0.5) is 0 Å². The van der Waals surface area contributed by atoms with Crippen LogP contribution >= 0.6 is 35.7 Å². The second-order valence-electron chi connectivity index (χ2n) is 5.51. The number of unbranched alkanes of at least 4 members (excludes halogenated alkanes) is 3. The first kappa shape index (κ1) is 20.3. The Bertz CT molecular complexity index is 241. The maximum absolute atomic E-state index is 5.95. The molecule has 0 aromatic rings. The minimum atomic E-state index is 0. The fourth-order valence-electron chi connectivity index (χ4n) is 2.59. The smallest absolute Gasteiger partial charge is 0.188 e. The van der Waals surface area contributed by atoms with Crippen LogP contribution < -0.4 is 11.1 Å². The van der Waals surface area contributed by atoms with E-state index >= 15 is 0 Å². The highest BCUT2D eigenvalue weighted by Gasteiger charge is 2.11. The molecular formula is C15H32IN3S. The van der Waals surface area contributed by atoms with Crippen LogP contribution in [0.1, 0.15) is 64.2 Å². The van der Waals surface area contributed by atoms with Crippen LogP contribution in [-0.4, -0.2) is 30.6 Å². The second kappa shape index (κ2) is 14.3. The summed E-state index contributed by atoms with van der Waals surface area (Å²) in [4.78, 5) is 4.44. The number of thioether (sulfide) groups is 1. The van der Waals surface area contributed by atoms with E-state index in [-0.39, 0.29) is 24.0 Å². The summed E-state index contributed by atoms with van der Waals surface area (Å²) in [5.41, 5.74) is 5.95. The number of aliphatic imine (C=N–C) groups is 1. The number of hydrogen-bond donors (Lipinski definition) is 2. The quantitative estimate of drug-likeness (QED) is 0.207. The summed E-state index contributed by atoms with van der Waals surface area (Å²) in [6, 6.07) is 0.563. The summed E-state index contributed by atoms with van der Waals surface area (Å²) in [6.07, 6.45) is 15.2. The number of nitrogens with zero attached hydrogens (tertiary/aromatic N) is 1. The summed E-state index contributed by atoms with van der Waals surface area (Å²) in [6.45, 7) is 0.880. The van der Waals surface area contributed by atoms with E-state index in [4.69, 9.17) is 5.73 Å². The number of rotatable bonds is 8. The predicted octanol–water partition coefficient (Wildman–Crippen LogP) is 4.15. The first-order valence-corrected chi connectivity index (χ1v) is 9.27. The predicted molar refractivity (Wildman–Crippen MR) is 103 cm³/mol. The normalized spacial score (nSPS) is 17.4. The van der Waals surface area contributed by atoms with Crippen molar-refractivity contribution >= 4 is 41.7 Å². The van der Waals surface area contributed by atoms with Crippen molar-refractivity contribution in [3.05, 3.63) is 0 Å². The third-order valence-corrected chi connectivity index (χ3v) is 4.44. The molecule has 1 rings (SSSR count). The fourth-order valence-corrected chi connectivity index (χ4v) is 3.08. The van der Waals surface area contributed by atoms with Crippen molar-refractivity contribution < 1.29 is 0 Å². The van der Waals surface area contributed by atoms with E-state index in [0.29, 0.717) is 12.0 Å². The molecule has 0 bridgehead atoms. The molecule has 0 atom stereocenters. The molecule has 0 aromatic heterocycles. The van der Waals surface area contributed by atoms with Gasteiger partial charge in [-0.2, -0.15) is 11.8 Å². The van der Waals surface area contributed by atoms with Crippen molar-refractivity contribution in [1.82, 2.24) is 5.32 Å². The molecule has 0 amide bonds. The van der Waals surface area contributed by atoms with Gasteiger partial charge < -0.3 is 11.1 Å². The zero-order chi connectivity index (χ0) is 13.8. The molecule has 0 unspecified atom stereocenters. The maximum Gasteiger partial charge on any atom is 0.188 e. The summed E-state index contributed by atoms with van der Waals surface area (Å²) in [7, 11) is 0. The van der Waals surface area contributed by atoms with Crippen molar-refractivity contribution in [3.63, 3.8) is 0 Å². The van der Waals surface area contributed by atoms with Gasteiger partial charge in [0.2, 0.25) is 0 Å². The summed E-state index contributed by atoms with van der Waals surface area (Å²) in [5.74, 6) is 1.95. The Morgan fingerprint density at radius 2 is 1.75 bits per heavy atom. The number of nitrogens with two attached hydrogens (primary N) is 1. The van der Waals surface area contributed by atoms with Gasteiger partial charge in [-0.05, 0) is 37.7 Å². The minimum absolute atomic E-state index is 0. The van der Waals surface area contributed by atoms with Crippen molar-refractivity contribution in [2.75, 3.05) is 18.6 Å². The zero-order valence-corrected chi connectivity index (χ0v) is 16.1. The van der Waals surface area contributed by atoms with Gasteiger partial charge in [-0.1, -0.05) is 38.5 Å². The third kappa shape index (κ3) is 11.1. The molecule has 0 spiro atoms. The van der Waals surface area contributed by atoms with Crippen LogP contribution in [0.2, 0.25) is 0 Å². The zero-order valence-electron chi connectivity index (χ0n) is 12.9. The summed E-state index contributed by atoms with van der Waals surface area (Å²) in [5, 5.41) is 3.39. The van der Waals surface area contributed by atoms with Gasteiger partial charge in [0.25, 0.3) is 0 Å². The lowest BCUT2D eigenvalue weighted by Crippen LogP contribution is -2.39. The molecule has 20 heavy (non-hydrogen) atoms. The maximum atomic E-state index is 5.95. The van der Waals surface area contributed by atoms with Gasteiger partial charge in [-0.3, -0.25) is 4.99 Å². The van der Waals surface area contributed by atoms with E-state index in [0.717, 1.165) is 6.54 Å². The third-order valence-electron chi connectivity index (χ3n) is 3.75. The van der Waals surface area contributed by atoms with Gasteiger partial charge in [-0.25, -0.2) is 0 Å². The summed E-state index contributed by atoms with van der Waals surface area (Å²) < 4.78 is 0. The highest BCUT2D eigenvalue weighted by Crippen LogP contribution is 2.16. The molecular weight excluding hydrogens is 381 g/mol. The molecule has 0 saturated heterocycles. The molecule has 0 heterocycles. The van der Waals surface area contributed by atoms with Gasteiger partial charge in [0, 0.05) is 12.6 Å². The lowest BCUT2D eigenvalue weighted by Gasteiger charge is -2.16. The molecule has 0 radical (unpaired) electrons. The number of guanidine groups is 1. The molecule has 1 aliphatic carbocycles. The Kier molecular flexibility index (Phi) is 14.5. The van der Waals surface area contributed by atoms with Crippen molar-refractivity contribution in [2.24, 2.45) is 10.7 Å². The monoisotopic (exact) mass is 413 g/mol. The standard InChI is InChI=1S/C15H31N3S.HI/c1-19-13-9-5-4-8-12-17-15(16)18-14-10-6-2-3-7-11-14;/h14H,2-13H2,1H3,(H3,16,17,18);1H. The molecule has 0 aliphatic heterocycles. The van der Waals surface area contributed by atoms with E-state index in [1.807, 2.05) is 11.8 Å². The van der Waals surface area contributed by atoms with Gasteiger partial charge in [0.1, 0.15) is 0 Å². The molecule has 120 valence electrons. The summed E-state index contributed by atoms with van der Waals surface area (Å²) >= 11 is 1.93. The van der Waals surface area contributed by atoms with E-state index < -0.39 is 0 Å². The highest BCUT2D eigenvalue weighted by atomic mass is 127. The lowest BCUT2D eigenvalue weighted by molar-refractivity contribution is 0.529. The van der Waals surface area contributed by atoms with E-state index in [2.05, 4.69) is 16.6 Å². The van der Waals surface area contributed by atoms with Gasteiger partial charge in [-0.15, -0.1) is 24.0 Å². The van der Waals surface area contributed by atoms with Gasteiger partial charge in [0.05, 0.1) is 0 Å². The van der Waals surface area contributed by atoms with Gasteiger partial charge >= 0.3 is 0 Å². The Morgan fingerprint density at radius 3 is 2.40 bits per heavy atom. The molecule has 5 heteroatoms. The average Bonchev–Trinajstić information content (AvgIpc) is 2.66. The molecule has 1 aliphatic rings. The number of halogens is 1. The van der Waals surface area contributed by atoms with E-state index in [1.165, 1.54) is 70.0 Å². The Labute approximate surface area is 146 Å².